The average molecular weight is 545 g/mol. The summed E-state index contributed by atoms with van der Waals surface area (Å²) in [4.78, 5) is 27.1. The number of carbonyl (C=O) groups is 1. The molecule has 13 heteroatoms. The van der Waals surface area contributed by atoms with E-state index in [2.05, 4.69) is 30.5 Å². The minimum Gasteiger partial charge on any atom is -0.382 e. The number of halogens is 1. The number of hydrogen-bond acceptors (Lipinski definition) is 9. The van der Waals surface area contributed by atoms with Crippen LogP contribution in [0.4, 0.5) is 16.3 Å². The maximum absolute atomic E-state index is 12.2. The number of aromatic nitrogens is 4. The number of rotatable bonds is 8. The summed E-state index contributed by atoms with van der Waals surface area (Å²) in [5.74, 6) is -0.425. The summed E-state index contributed by atoms with van der Waals surface area (Å²) in [6.07, 6.45) is 2.51. The molecule has 1 unspecified atom stereocenters. The van der Waals surface area contributed by atoms with Gasteiger partial charge >= 0.3 is 6.03 Å². The second-order valence-electron chi connectivity index (χ2n) is 10.2. The van der Waals surface area contributed by atoms with Crippen LogP contribution in [-0.2, 0) is 14.2 Å². The lowest BCUT2D eigenvalue weighted by atomic mass is 10.1. The smallest absolute Gasteiger partial charge is 0.319 e. The van der Waals surface area contributed by atoms with Crippen molar-refractivity contribution in [2.75, 3.05) is 37.7 Å². The molecule has 2 fully saturated rings. The Morgan fingerprint density at radius 2 is 2.03 bits per heavy atom. The van der Waals surface area contributed by atoms with E-state index in [-0.39, 0.29) is 24.3 Å². The van der Waals surface area contributed by atoms with Crippen LogP contribution in [0.1, 0.15) is 32.1 Å². The number of aryl methyl sites for hydroxylation is 1. The third-order valence-corrected chi connectivity index (χ3v) is 7.12. The molecule has 0 aliphatic carbocycles. The van der Waals surface area contributed by atoms with Crippen molar-refractivity contribution in [2.24, 2.45) is 0 Å². The predicted molar refractivity (Wildman–Crippen MR) is 143 cm³/mol. The van der Waals surface area contributed by atoms with Gasteiger partial charge in [0.25, 0.3) is 0 Å². The average Bonchev–Trinajstić information content (AvgIpc) is 3.51. The zero-order valence-corrected chi connectivity index (χ0v) is 22.6. The first kappa shape index (κ1) is 26.6. The van der Waals surface area contributed by atoms with Crippen LogP contribution in [0, 0.1) is 6.92 Å². The van der Waals surface area contributed by atoms with Crippen molar-refractivity contribution >= 4 is 40.3 Å². The summed E-state index contributed by atoms with van der Waals surface area (Å²) in [7, 11) is 2.02. The van der Waals surface area contributed by atoms with Crippen LogP contribution < -0.4 is 16.4 Å². The number of nitrogens with zero attached hydrogens (tertiary/aromatic N) is 5. The molecular weight excluding hydrogens is 512 g/mol. The lowest BCUT2D eigenvalue weighted by Gasteiger charge is -2.27. The number of benzene rings is 1. The van der Waals surface area contributed by atoms with Gasteiger partial charge in [0.1, 0.15) is 30.2 Å². The molecule has 2 aromatic heterocycles. The normalized spacial score (nSPS) is 24.2. The SMILES string of the molecule is Cc1ccc(NC(=O)NCCCN(C)C[C@H]2OC(n3cnc4c(N)ncnc43)[C@@H]3OC(C)(C)O[C@H]23)cc1Cl. The van der Waals surface area contributed by atoms with Crippen LogP contribution in [0.3, 0.4) is 0 Å². The summed E-state index contributed by atoms with van der Waals surface area (Å²) in [6.45, 7) is 7.60. The first-order valence-electron chi connectivity index (χ1n) is 12.5. The predicted octanol–water partition coefficient (Wildman–Crippen LogP) is 2.93. The van der Waals surface area contributed by atoms with Gasteiger partial charge in [0.2, 0.25) is 0 Å². The third-order valence-electron chi connectivity index (χ3n) is 6.71. The highest BCUT2D eigenvalue weighted by Crippen LogP contribution is 2.44. The number of imidazole rings is 1. The van der Waals surface area contributed by atoms with E-state index >= 15 is 0 Å². The standard InChI is InChI=1S/C25H33ClN8O4/c1-14-6-7-15(10-16(14)26)32-24(35)28-8-5-9-33(4)11-17-19-20(38-25(2,3)37-19)23(36-17)34-13-31-18-21(27)29-12-30-22(18)34/h6-7,10,12-13,17,19-20,23H,5,8-9,11H2,1-4H3,(H2,27,29,30)(H2,28,32,35)/t17-,19-,20-,23?/m1/s1. The highest BCUT2D eigenvalue weighted by Gasteiger charge is 2.56. The van der Waals surface area contributed by atoms with Gasteiger partial charge in [-0.3, -0.25) is 4.57 Å². The lowest BCUT2D eigenvalue weighted by molar-refractivity contribution is -0.197. The minimum absolute atomic E-state index is 0.240. The van der Waals surface area contributed by atoms with Crippen molar-refractivity contribution in [2.45, 2.75) is 57.5 Å². The Morgan fingerprint density at radius 1 is 1.24 bits per heavy atom. The van der Waals surface area contributed by atoms with Crippen LogP contribution in [0.5, 0.6) is 0 Å². The zero-order valence-electron chi connectivity index (χ0n) is 21.8. The molecule has 2 amide bonds. The highest BCUT2D eigenvalue weighted by molar-refractivity contribution is 6.31. The second kappa shape index (κ2) is 10.6. The molecule has 2 aliphatic heterocycles. The lowest BCUT2D eigenvalue weighted by Crippen LogP contribution is -2.39. The highest BCUT2D eigenvalue weighted by atomic mass is 35.5. The maximum Gasteiger partial charge on any atom is 0.319 e. The fourth-order valence-electron chi connectivity index (χ4n) is 4.88. The Bertz CT molecular complexity index is 1320. The molecule has 0 saturated carbocycles. The van der Waals surface area contributed by atoms with E-state index in [1.165, 1.54) is 6.33 Å². The van der Waals surface area contributed by atoms with Gasteiger partial charge in [-0.25, -0.2) is 19.7 Å². The van der Waals surface area contributed by atoms with Gasteiger partial charge in [-0.1, -0.05) is 17.7 Å². The van der Waals surface area contributed by atoms with Gasteiger partial charge in [0.05, 0.1) is 6.33 Å². The first-order chi connectivity index (χ1) is 18.1. The molecule has 1 aromatic carbocycles. The van der Waals surface area contributed by atoms with E-state index < -0.39 is 12.0 Å². The number of fused-ring (bicyclic) bond motifs is 2. The van der Waals surface area contributed by atoms with E-state index in [9.17, 15) is 4.79 Å². The summed E-state index contributed by atoms with van der Waals surface area (Å²) in [5, 5.41) is 6.29. The van der Waals surface area contributed by atoms with Crippen LogP contribution in [0.25, 0.3) is 11.2 Å². The largest absolute Gasteiger partial charge is 0.382 e. The van der Waals surface area contributed by atoms with Gasteiger partial charge in [0.15, 0.2) is 23.5 Å². The van der Waals surface area contributed by atoms with Crippen LogP contribution in [0.15, 0.2) is 30.9 Å². The van der Waals surface area contributed by atoms with Crippen molar-refractivity contribution in [3.8, 4) is 0 Å². The molecule has 204 valence electrons. The Hall–Kier alpha value is -3.03. The monoisotopic (exact) mass is 544 g/mol. The number of nitrogen functional groups attached to an aromatic ring is 1. The molecule has 4 atom stereocenters. The molecule has 0 bridgehead atoms. The van der Waals surface area contributed by atoms with Crippen molar-refractivity contribution in [3.05, 3.63) is 41.4 Å². The molecule has 5 rings (SSSR count). The van der Waals surface area contributed by atoms with Crippen LogP contribution in [0.2, 0.25) is 5.02 Å². The number of amides is 2. The van der Waals surface area contributed by atoms with Gasteiger partial charge < -0.3 is 35.5 Å². The molecule has 4 heterocycles. The molecule has 0 spiro atoms. The van der Waals surface area contributed by atoms with Crippen LogP contribution >= 0.6 is 11.6 Å². The molecular formula is C25H33ClN8O4. The van der Waals surface area contributed by atoms with Crippen LogP contribution in [-0.4, -0.2) is 81.2 Å². The summed E-state index contributed by atoms with van der Waals surface area (Å²) >= 11 is 6.13. The number of nitrogens with two attached hydrogens (primary N) is 1. The molecule has 3 aromatic rings. The maximum atomic E-state index is 12.2. The van der Waals surface area contributed by atoms with Crippen molar-refractivity contribution in [1.82, 2.24) is 29.7 Å². The molecule has 2 aliphatic rings. The Morgan fingerprint density at radius 3 is 2.82 bits per heavy atom. The number of ether oxygens (including phenoxy) is 3. The van der Waals surface area contributed by atoms with Gasteiger partial charge in [-0.2, -0.15) is 0 Å². The second-order valence-corrected chi connectivity index (χ2v) is 10.6. The number of likely N-dealkylation sites (N-methyl/N-ethyl adjacent to an activating group) is 1. The van der Waals surface area contributed by atoms with E-state index in [4.69, 9.17) is 31.5 Å². The Kier molecular flexibility index (Phi) is 7.43. The van der Waals surface area contributed by atoms with Gasteiger partial charge in [-0.05, 0) is 58.5 Å². The number of urea groups is 1. The van der Waals surface area contributed by atoms with Gasteiger partial charge in [0, 0.05) is 23.8 Å². The fraction of sp³-hybridized carbons (Fsp3) is 0.520. The summed E-state index contributed by atoms with van der Waals surface area (Å²) < 4.78 is 20.8. The van der Waals surface area contributed by atoms with Crippen molar-refractivity contribution in [1.29, 1.82) is 0 Å². The van der Waals surface area contributed by atoms with Gasteiger partial charge in [-0.15, -0.1) is 0 Å². The number of carbonyl (C=O) groups excluding carboxylic acids is 1. The third kappa shape index (κ3) is 5.54. The Labute approximate surface area is 225 Å². The number of hydrogen-bond donors (Lipinski definition) is 3. The molecule has 2 saturated heterocycles. The summed E-state index contributed by atoms with van der Waals surface area (Å²) in [5.41, 5.74) is 8.69. The molecule has 12 nitrogen and oxygen atoms in total. The molecule has 4 N–H and O–H groups in total. The number of nitrogens with one attached hydrogen (secondary N) is 2. The van der Waals surface area contributed by atoms with Crippen molar-refractivity contribution in [3.63, 3.8) is 0 Å². The molecule has 38 heavy (non-hydrogen) atoms. The fourth-order valence-corrected chi connectivity index (χ4v) is 5.06. The zero-order chi connectivity index (χ0) is 27.0. The first-order valence-corrected chi connectivity index (χ1v) is 12.9. The van der Waals surface area contributed by atoms with E-state index in [0.29, 0.717) is 40.8 Å². The summed E-state index contributed by atoms with van der Waals surface area (Å²) in [6, 6.07) is 5.15. The van der Waals surface area contributed by atoms with E-state index in [1.54, 1.807) is 12.4 Å². The van der Waals surface area contributed by atoms with Crippen molar-refractivity contribution < 1.29 is 19.0 Å². The minimum atomic E-state index is -0.739. The van der Waals surface area contributed by atoms with E-state index in [1.807, 2.05) is 44.5 Å². The number of anilines is 2. The van der Waals surface area contributed by atoms with E-state index in [0.717, 1.165) is 18.5 Å². The molecule has 0 radical (unpaired) electrons. The topological polar surface area (TPSA) is 142 Å². The quantitative estimate of drug-likeness (QED) is 0.365. The Balaban J connectivity index is 1.15.